The lowest BCUT2D eigenvalue weighted by molar-refractivity contribution is -0.143. The van der Waals surface area contributed by atoms with Gasteiger partial charge in [0, 0.05) is 26.7 Å². The summed E-state index contributed by atoms with van der Waals surface area (Å²) in [5, 5.41) is 9.01. The number of rotatable bonds is 5. The number of carbonyl (C=O) groups is 2. The van der Waals surface area contributed by atoms with Gasteiger partial charge in [0.25, 0.3) is 0 Å². The third-order valence-corrected chi connectivity index (χ3v) is 3.25. The molecule has 0 aromatic rings. The molecular weight excluding hydrogens is 248 g/mol. The van der Waals surface area contributed by atoms with Crippen LogP contribution in [0, 0.1) is 5.92 Å². The van der Waals surface area contributed by atoms with E-state index in [-0.39, 0.29) is 12.1 Å². The van der Waals surface area contributed by atoms with Crippen LogP contribution in [0.4, 0.5) is 4.79 Å². The minimum Gasteiger partial charge on any atom is -0.481 e. The monoisotopic (exact) mass is 272 g/mol. The first-order valence-corrected chi connectivity index (χ1v) is 6.76. The molecule has 6 heteroatoms. The molecule has 1 aliphatic rings. The fourth-order valence-electron chi connectivity index (χ4n) is 2.11. The van der Waals surface area contributed by atoms with Gasteiger partial charge in [0.2, 0.25) is 0 Å². The molecule has 0 spiro atoms. The minimum absolute atomic E-state index is 0.113. The summed E-state index contributed by atoms with van der Waals surface area (Å²) in [5.74, 6) is -1.25. The molecule has 1 rings (SSSR count). The second-order valence-electron chi connectivity index (χ2n) is 5.25. The molecule has 1 heterocycles. The van der Waals surface area contributed by atoms with Gasteiger partial charge >= 0.3 is 12.0 Å². The zero-order valence-corrected chi connectivity index (χ0v) is 12.0. The Morgan fingerprint density at radius 1 is 1.47 bits per heavy atom. The predicted octanol–water partition coefficient (Wildman–Crippen LogP) is 1.26. The van der Waals surface area contributed by atoms with Gasteiger partial charge in [-0.3, -0.25) is 4.79 Å². The van der Waals surface area contributed by atoms with Gasteiger partial charge in [-0.05, 0) is 26.7 Å². The lowest BCUT2D eigenvalue weighted by atomic mass is 9.99. The van der Waals surface area contributed by atoms with Crippen molar-refractivity contribution in [1.29, 1.82) is 0 Å². The zero-order valence-electron chi connectivity index (χ0n) is 12.0. The Balaban J connectivity index is 2.40. The van der Waals surface area contributed by atoms with Gasteiger partial charge in [0.15, 0.2) is 0 Å². The van der Waals surface area contributed by atoms with Gasteiger partial charge in [-0.2, -0.15) is 0 Å². The average molecular weight is 272 g/mol. The summed E-state index contributed by atoms with van der Waals surface area (Å²) in [6.07, 6.45) is 1.55. The second kappa shape index (κ2) is 7.33. The third-order valence-electron chi connectivity index (χ3n) is 3.25. The lowest BCUT2D eigenvalue weighted by Crippen LogP contribution is -2.48. The van der Waals surface area contributed by atoms with Crippen molar-refractivity contribution in [2.75, 3.05) is 33.3 Å². The number of likely N-dealkylation sites (tertiary alicyclic amines) is 1. The molecule has 1 unspecified atom stereocenters. The highest BCUT2D eigenvalue weighted by Gasteiger charge is 2.29. The normalized spacial score (nSPS) is 19.6. The van der Waals surface area contributed by atoms with E-state index < -0.39 is 11.9 Å². The van der Waals surface area contributed by atoms with Gasteiger partial charge in [-0.1, -0.05) is 0 Å². The van der Waals surface area contributed by atoms with Crippen LogP contribution >= 0.6 is 0 Å². The van der Waals surface area contributed by atoms with Gasteiger partial charge < -0.3 is 19.6 Å². The van der Waals surface area contributed by atoms with Crippen LogP contribution < -0.4 is 0 Å². The number of likely N-dealkylation sites (N-methyl/N-ethyl adjacent to an activating group) is 1. The first-order chi connectivity index (χ1) is 8.91. The molecule has 110 valence electrons. The Labute approximate surface area is 114 Å². The van der Waals surface area contributed by atoms with E-state index in [9.17, 15) is 9.59 Å². The predicted molar refractivity (Wildman–Crippen MR) is 71.0 cm³/mol. The maximum atomic E-state index is 12.1. The number of carboxylic acid groups (broad SMARTS) is 1. The minimum atomic E-state index is -0.816. The van der Waals surface area contributed by atoms with Gasteiger partial charge in [-0.25, -0.2) is 4.79 Å². The van der Waals surface area contributed by atoms with E-state index in [2.05, 4.69) is 0 Å². The molecule has 1 N–H and O–H groups in total. The highest BCUT2D eigenvalue weighted by Crippen LogP contribution is 2.17. The molecule has 1 atom stereocenters. The molecule has 1 saturated heterocycles. The average Bonchev–Trinajstić information content (AvgIpc) is 2.37. The number of carboxylic acids is 1. The highest BCUT2D eigenvalue weighted by atomic mass is 16.5. The number of ether oxygens (including phenoxy) is 1. The number of nitrogens with zero attached hydrogens (tertiary/aromatic N) is 2. The van der Waals surface area contributed by atoms with E-state index in [1.54, 1.807) is 16.8 Å². The summed E-state index contributed by atoms with van der Waals surface area (Å²) in [6, 6.07) is -0.113. The Morgan fingerprint density at radius 3 is 2.74 bits per heavy atom. The van der Waals surface area contributed by atoms with Crippen molar-refractivity contribution in [3.05, 3.63) is 0 Å². The third kappa shape index (κ3) is 5.06. The topological polar surface area (TPSA) is 70.1 Å². The number of urea groups is 1. The molecule has 6 nitrogen and oxygen atoms in total. The standard InChI is InChI=1S/C13H24N2O4/c1-10(2)19-8-7-14(3)13(18)15-6-4-5-11(9-15)12(16)17/h10-11H,4-9H2,1-3H3,(H,16,17). The fraction of sp³-hybridized carbons (Fsp3) is 0.846. The van der Waals surface area contributed by atoms with Crippen molar-refractivity contribution < 1.29 is 19.4 Å². The number of piperidine rings is 1. The number of carbonyl (C=O) groups excluding carboxylic acids is 1. The van der Waals surface area contributed by atoms with Gasteiger partial charge in [0.1, 0.15) is 0 Å². The summed E-state index contributed by atoms with van der Waals surface area (Å²) in [5.41, 5.74) is 0. The van der Waals surface area contributed by atoms with E-state index in [4.69, 9.17) is 9.84 Å². The van der Waals surface area contributed by atoms with Gasteiger partial charge in [0.05, 0.1) is 18.6 Å². The fourth-order valence-corrected chi connectivity index (χ4v) is 2.11. The van der Waals surface area contributed by atoms with E-state index in [1.165, 1.54) is 0 Å². The maximum Gasteiger partial charge on any atom is 0.319 e. The molecule has 0 aromatic carbocycles. The second-order valence-corrected chi connectivity index (χ2v) is 5.25. The zero-order chi connectivity index (χ0) is 14.4. The quantitative estimate of drug-likeness (QED) is 0.818. The van der Waals surface area contributed by atoms with Crippen LogP contribution in [0.25, 0.3) is 0 Å². The highest BCUT2D eigenvalue weighted by molar-refractivity contribution is 5.76. The van der Waals surface area contributed by atoms with E-state index in [1.807, 2.05) is 13.8 Å². The summed E-state index contributed by atoms with van der Waals surface area (Å²) in [4.78, 5) is 26.3. The summed E-state index contributed by atoms with van der Waals surface area (Å²) in [6.45, 7) is 5.86. The molecule has 0 bridgehead atoms. The van der Waals surface area contributed by atoms with Crippen LogP contribution in [-0.2, 0) is 9.53 Å². The van der Waals surface area contributed by atoms with Crippen molar-refractivity contribution >= 4 is 12.0 Å². The molecule has 0 radical (unpaired) electrons. The van der Waals surface area contributed by atoms with Crippen LogP contribution in [0.5, 0.6) is 0 Å². The van der Waals surface area contributed by atoms with Crippen molar-refractivity contribution in [2.45, 2.75) is 32.8 Å². The van der Waals surface area contributed by atoms with Crippen LogP contribution in [0.15, 0.2) is 0 Å². The molecular formula is C13H24N2O4. The lowest BCUT2D eigenvalue weighted by Gasteiger charge is -2.33. The van der Waals surface area contributed by atoms with E-state index in [0.717, 1.165) is 6.42 Å². The first-order valence-electron chi connectivity index (χ1n) is 6.76. The summed E-state index contributed by atoms with van der Waals surface area (Å²) in [7, 11) is 1.72. The number of amides is 2. The van der Waals surface area contributed by atoms with E-state index in [0.29, 0.717) is 32.7 Å². The largest absolute Gasteiger partial charge is 0.481 e. The molecule has 0 aliphatic carbocycles. The molecule has 19 heavy (non-hydrogen) atoms. The molecule has 2 amide bonds. The van der Waals surface area contributed by atoms with Crippen LogP contribution in [0.3, 0.4) is 0 Å². The Kier molecular flexibility index (Phi) is 6.08. The summed E-state index contributed by atoms with van der Waals surface area (Å²) < 4.78 is 5.40. The maximum absolute atomic E-state index is 12.1. The first kappa shape index (κ1) is 15.8. The Morgan fingerprint density at radius 2 is 2.16 bits per heavy atom. The number of hydrogen-bond donors (Lipinski definition) is 1. The number of aliphatic carboxylic acids is 1. The van der Waals surface area contributed by atoms with Crippen LogP contribution in [0.1, 0.15) is 26.7 Å². The molecule has 0 saturated carbocycles. The Bertz CT molecular complexity index is 320. The van der Waals surface area contributed by atoms with Crippen LogP contribution in [0.2, 0.25) is 0 Å². The van der Waals surface area contributed by atoms with Crippen molar-refractivity contribution in [3.8, 4) is 0 Å². The molecule has 1 aliphatic heterocycles. The molecule has 1 fully saturated rings. The SMILES string of the molecule is CC(C)OCCN(C)C(=O)N1CCCC(C(=O)O)C1. The van der Waals surface area contributed by atoms with E-state index >= 15 is 0 Å². The summed E-state index contributed by atoms with van der Waals surface area (Å²) >= 11 is 0. The van der Waals surface area contributed by atoms with Crippen molar-refractivity contribution in [3.63, 3.8) is 0 Å². The van der Waals surface area contributed by atoms with Crippen molar-refractivity contribution in [2.24, 2.45) is 5.92 Å². The van der Waals surface area contributed by atoms with Crippen LogP contribution in [-0.4, -0.2) is 66.3 Å². The van der Waals surface area contributed by atoms with Crippen molar-refractivity contribution in [1.82, 2.24) is 9.80 Å². The Hall–Kier alpha value is -1.30. The number of hydrogen-bond acceptors (Lipinski definition) is 3. The smallest absolute Gasteiger partial charge is 0.319 e. The molecule has 0 aromatic heterocycles. The van der Waals surface area contributed by atoms with Gasteiger partial charge in [-0.15, -0.1) is 0 Å².